The summed E-state index contributed by atoms with van der Waals surface area (Å²) < 4.78 is 67.8. The van der Waals surface area contributed by atoms with Gasteiger partial charge in [0.25, 0.3) is 0 Å². The maximum Gasteiger partial charge on any atom is 0.511 e. The van der Waals surface area contributed by atoms with E-state index < -0.39 is 33.1 Å². The lowest BCUT2D eigenvalue weighted by atomic mass is 10.1. The van der Waals surface area contributed by atoms with Crippen LogP contribution in [-0.2, 0) is 19.6 Å². The number of nitrogens with zero attached hydrogens (tertiary/aromatic N) is 2. The van der Waals surface area contributed by atoms with Crippen molar-refractivity contribution in [3.8, 4) is 0 Å². The van der Waals surface area contributed by atoms with Crippen LogP contribution in [-0.4, -0.2) is 48.0 Å². The van der Waals surface area contributed by atoms with Crippen LogP contribution in [0.15, 0.2) is 24.4 Å². The number of nitrogens with one attached hydrogen (secondary N) is 2. The van der Waals surface area contributed by atoms with Crippen LogP contribution in [0.25, 0.3) is 5.65 Å². The molecule has 2 heterocycles. The van der Waals surface area contributed by atoms with Gasteiger partial charge in [-0.25, -0.2) is 22.9 Å². The first kappa shape index (κ1) is 26.1. The van der Waals surface area contributed by atoms with E-state index in [0.29, 0.717) is 30.7 Å². The molecule has 1 atom stereocenters. The smallest absolute Gasteiger partial charge is 0.459 e. The third kappa shape index (κ3) is 7.17. The van der Waals surface area contributed by atoms with Gasteiger partial charge in [0.2, 0.25) is 0 Å². The third-order valence-corrected chi connectivity index (χ3v) is 5.57. The second-order valence-corrected chi connectivity index (χ2v) is 10.1. The summed E-state index contributed by atoms with van der Waals surface area (Å²) in [6.07, 6.45) is 3.02. The number of carbonyl (C=O) groups is 1. The Balaban J connectivity index is 1.99. The maximum absolute atomic E-state index is 12.9. The van der Waals surface area contributed by atoms with Crippen LogP contribution < -0.4 is 10.0 Å². The quantitative estimate of drug-likeness (QED) is 0.402. The standard InChI is InChI=1S/C20H29F3N4O4S/c1-14-13-27-15(9-8-10-16(27)26-14)17(18(28)31-19(2,3)4)24-11-6-5-7-12-25-32(29,30)20(21,22)23/h8-10,13,17,24-25H,5-7,11-12H2,1-4H3. The van der Waals surface area contributed by atoms with Crippen LogP contribution in [0.5, 0.6) is 0 Å². The van der Waals surface area contributed by atoms with Crippen molar-refractivity contribution in [1.82, 2.24) is 19.4 Å². The molecule has 0 spiro atoms. The van der Waals surface area contributed by atoms with Gasteiger partial charge in [-0.05, 0) is 59.2 Å². The zero-order valence-corrected chi connectivity index (χ0v) is 19.3. The molecular weight excluding hydrogens is 449 g/mol. The van der Waals surface area contributed by atoms with E-state index in [4.69, 9.17) is 4.74 Å². The van der Waals surface area contributed by atoms with Crippen LogP contribution in [0.2, 0.25) is 0 Å². The Bertz CT molecular complexity index is 1030. The Morgan fingerprint density at radius 3 is 2.44 bits per heavy atom. The second-order valence-electron chi connectivity index (χ2n) is 8.39. The fourth-order valence-electron chi connectivity index (χ4n) is 3.02. The predicted octanol–water partition coefficient (Wildman–Crippen LogP) is 3.22. The molecule has 2 aromatic rings. The first-order valence-electron chi connectivity index (χ1n) is 10.2. The highest BCUT2D eigenvalue weighted by atomic mass is 32.2. The molecule has 2 aromatic heterocycles. The molecule has 180 valence electrons. The fourth-order valence-corrected chi connectivity index (χ4v) is 3.60. The van der Waals surface area contributed by atoms with Crippen molar-refractivity contribution >= 4 is 21.6 Å². The van der Waals surface area contributed by atoms with E-state index in [2.05, 4.69) is 10.3 Å². The number of fused-ring (bicyclic) bond motifs is 1. The van der Waals surface area contributed by atoms with Crippen molar-refractivity contribution < 1.29 is 31.1 Å². The third-order valence-electron chi connectivity index (χ3n) is 4.38. The van der Waals surface area contributed by atoms with Crippen LogP contribution >= 0.6 is 0 Å². The van der Waals surface area contributed by atoms with E-state index in [1.165, 1.54) is 4.72 Å². The molecule has 32 heavy (non-hydrogen) atoms. The summed E-state index contributed by atoms with van der Waals surface area (Å²) in [6.45, 7) is 7.22. The molecule has 0 saturated carbocycles. The van der Waals surface area contributed by atoms with E-state index in [-0.39, 0.29) is 13.0 Å². The number of pyridine rings is 1. The first-order valence-corrected chi connectivity index (χ1v) is 11.7. The molecule has 0 amide bonds. The van der Waals surface area contributed by atoms with Crippen molar-refractivity contribution in [3.63, 3.8) is 0 Å². The average Bonchev–Trinajstić information content (AvgIpc) is 3.02. The Morgan fingerprint density at radius 2 is 1.81 bits per heavy atom. The fraction of sp³-hybridized carbons (Fsp3) is 0.600. The topological polar surface area (TPSA) is 102 Å². The van der Waals surface area contributed by atoms with Gasteiger partial charge in [0, 0.05) is 12.7 Å². The number of alkyl halides is 3. The predicted molar refractivity (Wildman–Crippen MR) is 113 cm³/mol. The molecule has 2 rings (SSSR count). The molecule has 12 heteroatoms. The molecule has 0 aromatic carbocycles. The summed E-state index contributed by atoms with van der Waals surface area (Å²) in [5.41, 5.74) is -3.88. The minimum absolute atomic E-state index is 0.227. The number of unbranched alkanes of at least 4 members (excludes halogenated alkanes) is 2. The van der Waals surface area contributed by atoms with Gasteiger partial charge >= 0.3 is 21.5 Å². The molecule has 0 fully saturated rings. The monoisotopic (exact) mass is 478 g/mol. The van der Waals surface area contributed by atoms with Gasteiger partial charge in [-0.1, -0.05) is 12.5 Å². The maximum atomic E-state index is 12.9. The van der Waals surface area contributed by atoms with E-state index in [0.717, 1.165) is 5.69 Å². The van der Waals surface area contributed by atoms with Crippen molar-refractivity contribution in [3.05, 3.63) is 35.8 Å². The second kappa shape index (κ2) is 10.2. The number of ether oxygens (including phenoxy) is 1. The van der Waals surface area contributed by atoms with Crippen LogP contribution in [0.4, 0.5) is 13.2 Å². The lowest BCUT2D eigenvalue weighted by Gasteiger charge is -2.25. The van der Waals surface area contributed by atoms with Gasteiger partial charge in [0.05, 0.1) is 11.4 Å². The molecule has 2 N–H and O–H groups in total. The zero-order chi connectivity index (χ0) is 24.2. The van der Waals surface area contributed by atoms with Crippen LogP contribution in [0.1, 0.15) is 57.5 Å². The Labute approximate surface area is 185 Å². The lowest BCUT2D eigenvalue weighted by Crippen LogP contribution is -2.37. The first-order chi connectivity index (χ1) is 14.7. The minimum Gasteiger partial charge on any atom is -0.459 e. The SMILES string of the molecule is Cc1cn2c(C(NCCCCCNS(=O)(=O)C(F)(F)F)C(=O)OC(C)(C)C)cccc2n1. The zero-order valence-electron chi connectivity index (χ0n) is 18.5. The van der Waals surface area contributed by atoms with E-state index in [1.54, 1.807) is 32.9 Å². The highest BCUT2D eigenvalue weighted by molar-refractivity contribution is 7.90. The number of halogens is 3. The van der Waals surface area contributed by atoms with Crippen LogP contribution in [0, 0.1) is 6.92 Å². The number of sulfonamides is 1. The van der Waals surface area contributed by atoms with E-state index in [1.807, 2.05) is 23.6 Å². The number of aromatic nitrogens is 2. The summed E-state index contributed by atoms with van der Waals surface area (Å²) in [5, 5.41) is 3.15. The number of imidazole rings is 1. The van der Waals surface area contributed by atoms with E-state index >= 15 is 0 Å². The van der Waals surface area contributed by atoms with Crippen molar-refractivity contribution in [2.24, 2.45) is 0 Å². The lowest BCUT2D eigenvalue weighted by molar-refractivity contribution is -0.157. The average molecular weight is 479 g/mol. The summed E-state index contributed by atoms with van der Waals surface area (Å²) in [6, 6.07) is 4.63. The van der Waals surface area contributed by atoms with Gasteiger partial charge < -0.3 is 9.14 Å². The molecule has 0 bridgehead atoms. The largest absolute Gasteiger partial charge is 0.511 e. The molecule has 0 aliphatic carbocycles. The summed E-state index contributed by atoms with van der Waals surface area (Å²) >= 11 is 0. The van der Waals surface area contributed by atoms with Crippen molar-refractivity contribution in [1.29, 1.82) is 0 Å². The Hall–Kier alpha value is -2.18. The van der Waals surface area contributed by atoms with Gasteiger partial charge in [-0.2, -0.15) is 13.2 Å². The molecule has 0 aliphatic rings. The van der Waals surface area contributed by atoms with Crippen molar-refractivity contribution in [2.75, 3.05) is 13.1 Å². The molecule has 0 saturated heterocycles. The molecule has 0 aliphatic heterocycles. The summed E-state index contributed by atoms with van der Waals surface area (Å²) in [5.74, 6) is -0.464. The van der Waals surface area contributed by atoms with Crippen LogP contribution in [0.3, 0.4) is 0 Å². The molecular formula is C20H29F3N4O4S. The number of carbonyl (C=O) groups excluding carboxylic acids is 1. The Morgan fingerprint density at radius 1 is 1.16 bits per heavy atom. The molecule has 1 unspecified atom stereocenters. The minimum atomic E-state index is -5.32. The summed E-state index contributed by atoms with van der Waals surface area (Å²) in [7, 11) is -5.32. The number of hydrogen-bond donors (Lipinski definition) is 2. The number of rotatable bonds is 10. The highest BCUT2D eigenvalue weighted by Gasteiger charge is 2.45. The molecule has 8 nitrogen and oxygen atoms in total. The van der Waals surface area contributed by atoms with Gasteiger partial charge in [0.15, 0.2) is 0 Å². The number of aryl methyl sites for hydroxylation is 1. The van der Waals surface area contributed by atoms with Crippen molar-refractivity contribution in [2.45, 2.75) is 64.1 Å². The number of hydrogen-bond acceptors (Lipinski definition) is 6. The normalized spacial score (nSPS) is 14.0. The van der Waals surface area contributed by atoms with E-state index in [9.17, 15) is 26.4 Å². The van der Waals surface area contributed by atoms with Gasteiger partial charge in [0.1, 0.15) is 17.3 Å². The summed E-state index contributed by atoms with van der Waals surface area (Å²) in [4.78, 5) is 17.3. The highest BCUT2D eigenvalue weighted by Crippen LogP contribution is 2.22. The Kier molecular flexibility index (Phi) is 8.29. The van der Waals surface area contributed by atoms with Gasteiger partial charge in [-0.3, -0.25) is 5.32 Å². The number of esters is 1. The molecule has 0 radical (unpaired) electrons. The van der Waals surface area contributed by atoms with Gasteiger partial charge in [-0.15, -0.1) is 0 Å².